The average molecular weight is 189 g/mol. The van der Waals surface area contributed by atoms with Gasteiger partial charge in [0.25, 0.3) is 0 Å². The Morgan fingerprint density at radius 2 is 2.46 bits per heavy atom. The zero-order valence-corrected chi connectivity index (χ0v) is 8.40. The lowest BCUT2D eigenvalue weighted by Gasteiger charge is -1.90. The van der Waals surface area contributed by atoms with E-state index >= 15 is 0 Å². The third-order valence-electron chi connectivity index (χ3n) is 1.95. The summed E-state index contributed by atoms with van der Waals surface area (Å²) < 4.78 is 0. The molecule has 1 nitrogen and oxygen atoms in total. The van der Waals surface area contributed by atoms with Crippen LogP contribution in [0.5, 0.6) is 0 Å². The van der Waals surface area contributed by atoms with Gasteiger partial charge < -0.3 is 0 Å². The van der Waals surface area contributed by atoms with E-state index in [0.717, 1.165) is 5.71 Å². The molecule has 0 aromatic carbocycles. The maximum atomic E-state index is 4.18. The van der Waals surface area contributed by atoms with E-state index in [-0.39, 0.29) is 0 Å². The maximum absolute atomic E-state index is 4.18. The quantitative estimate of drug-likeness (QED) is 0.475. The van der Waals surface area contributed by atoms with Gasteiger partial charge in [0, 0.05) is 13.0 Å². The highest BCUT2D eigenvalue weighted by Gasteiger charge is 2.18. The van der Waals surface area contributed by atoms with E-state index in [1.165, 1.54) is 17.7 Å². The lowest BCUT2D eigenvalue weighted by molar-refractivity contribution is 1.18. The summed E-state index contributed by atoms with van der Waals surface area (Å²) in [4.78, 5) is 5.36. The molecule has 0 saturated heterocycles. The molecule has 1 aromatic heterocycles. The van der Waals surface area contributed by atoms with Crippen LogP contribution >= 0.6 is 11.3 Å². The molecule has 0 aliphatic heterocycles. The normalized spacial score (nSPS) is 16.5. The molecule has 66 valence electrons. The van der Waals surface area contributed by atoms with Crippen LogP contribution in [0.4, 0.5) is 0 Å². The molecule has 13 heavy (non-hydrogen) atoms. The highest BCUT2D eigenvalue weighted by atomic mass is 32.1. The van der Waals surface area contributed by atoms with Crippen molar-refractivity contribution in [3.8, 4) is 11.8 Å². The zero-order valence-electron chi connectivity index (χ0n) is 7.58. The third-order valence-corrected chi connectivity index (χ3v) is 2.83. The first kappa shape index (κ1) is 8.52. The molecule has 0 unspecified atom stereocenters. The highest BCUT2D eigenvalue weighted by molar-refractivity contribution is 7.12. The van der Waals surface area contributed by atoms with Crippen LogP contribution < -0.4 is 0 Å². The fraction of sp³-hybridized carbons (Fsp3) is 0.364. The van der Waals surface area contributed by atoms with Gasteiger partial charge in [-0.05, 0) is 30.2 Å². The van der Waals surface area contributed by atoms with E-state index in [1.54, 1.807) is 18.4 Å². The van der Waals surface area contributed by atoms with Gasteiger partial charge in [0.1, 0.15) is 5.71 Å². The van der Waals surface area contributed by atoms with E-state index in [0.29, 0.717) is 5.92 Å². The SMILES string of the molecule is CN=C(C#CC1CC1)c1cccs1. The average Bonchev–Trinajstić information content (AvgIpc) is 2.81. The second kappa shape index (κ2) is 3.76. The van der Waals surface area contributed by atoms with Crippen LogP contribution in [0.25, 0.3) is 0 Å². The number of rotatable bonds is 1. The molecule has 1 aliphatic carbocycles. The van der Waals surface area contributed by atoms with Crippen molar-refractivity contribution in [2.45, 2.75) is 12.8 Å². The van der Waals surface area contributed by atoms with Crippen LogP contribution in [0.2, 0.25) is 0 Å². The van der Waals surface area contributed by atoms with Crippen molar-refractivity contribution in [3.05, 3.63) is 22.4 Å². The molecule has 1 saturated carbocycles. The van der Waals surface area contributed by atoms with Gasteiger partial charge >= 0.3 is 0 Å². The second-order valence-corrected chi connectivity index (χ2v) is 4.04. The third kappa shape index (κ3) is 2.19. The van der Waals surface area contributed by atoms with Crippen molar-refractivity contribution in [1.29, 1.82) is 0 Å². The van der Waals surface area contributed by atoms with Crippen molar-refractivity contribution in [2.75, 3.05) is 7.05 Å². The molecular weight excluding hydrogens is 178 g/mol. The Labute approximate surface area is 82.5 Å². The standard InChI is InChI=1S/C11H11NS/c1-12-10(7-6-9-4-5-9)11-3-2-8-13-11/h2-3,8-9H,4-5H2,1H3. The Hall–Kier alpha value is -1.07. The first-order valence-electron chi connectivity index (χ1n) is 4.42. The van der Waals surface area contributed by atoms with Crippen LogP contribution in [0.15, 0.2) is 22.5 Å². The van der Waals surface area contributed by atoms with Crippen LogP contribution in [-0.2, 0) is 0 Å². The van der Waals surface area contributed by atoms with Crippen molar-refractivity contribution >= 4 is 17.0 Å². The van der Waals surface area contributed by atoms with E-state index < -0.39 is 0 Å². The molecule has 0 atom stereocenters. The molecule has 1 aliphatic rings. The van der Waals surface area contributed by atoms with E-state index in [9.17, 15) is 0 Å². The molecular formula is C11H11NS. The van der Waals surface area contributed by atoms with Gasteiger partial charge in [-0.15, -0.1) is 11.3 Å². The van der Waals surface area contributed by atoms with E-state index in [2.05, 4.69) is 28.3 Å². The Balaban J connectivity index is 2.15. The van der Waals surface area contributed by atoms with Crippen LogP contribution in [-0.4, -0.2) is 12.8 Å². The first-order chi connectivity index (χ1) is 6.40. The molecule has 0 bridgehead atoms. The molecule has 0 N–H and O–H groups in total. The lowest BCUT2D eigenvalue weighted by atomic mass is 10.3. The van der Waals surface area contributed by atoms with Crippen molar-refractivity contribution in [3.63, 3.8) is 0 Å². The second-order valence-electron chi connectivity index (χ2n) is 3.09. The molecule has 0 amide bonds. The van der Waals surface area contributed by atoms with Crippen LogP contribution in [0.1, 0.15) is 17.7 Å². The van der Waals surface area contributed by atoms with E-state index in [4.69, 9.17) is 0 Å². The Morgan fingerprint density at radius 3 is 3.00 bits per heavy atom. The number of nitrogens with zero attached hydrogens (tertiary/aromatic N) is 1. The number of hydrogen-bond donors (Lipinski definition) is 0. The predicted octanol–water partition coefficient (Wildman–Crippen LogP) is 2.58. The Kier molecular flexibility index (Phi) is 2.47. The summed E-state index contributed by atoms with van der Waals surface area (Å²) in [7, 11) is 1.80. The summed E-state index contributed by atoms with van der Waals surface area (Å²) in [5, 5.41) is 2.05. The molecule has 1 fully saturated rings. The van der Waals surface area contributed by atoms with Gasteiger partial charge in [0.15, 0.2) is 0 Å². The number of aliphatic imine (C=N–C) groups is 1. The Morgan fingerprint density at radius 1 is 1.62 bits per heavy atom. The minimum absolute atomic E-state index is 0.650. The fourth-order valence-electron chi connectivity index (χ4n) is 1.04. The molecule has 2 rings (SSSR count). The summed E-state index contributed by atoms with van der Waals surface area (Å²) in [5.41, 5.74) is 0.932. The number of hydrogen-bond acceptors (Lipinski definition) is 2. The van der Waals surface area contributed by atoms with Gasteiger partial charge in [0.2, 0.25) is 0 Å². The summed E-state index contributed by atoms with van der Waals surface area (Å²) in [5.74, 6) is 7.02. The topological polar surface area (TPSA) is 12.4 Å². The molecule has 2 heteroatoms. The molecule has 0 radical (unpaired) electrons. The zero-order chi connectivity index (χ0) is 9.10. The number of thiophene rings is 1. The van der Waals surface area contributed by atoms with Gasteiger partial charge in [-0.1, -0.05) is 12.0 Å². The minimum Gasteiger partial charge on any atom is -0.278 e. The van der Waals surface area contributed by atoms with Crippen LogP contribution in [0.3, 0.4) is 0 Å². The van der Waals surface area contributed by atoms with Gasteiger partial charge in [-0.25, -0.2) is 0 Å². The van der Waals surface area contributed by atoms with E-state index in [1.807, 2.05) is 6.07 Å². The maximum Gasteiger partial charge on any atom is 0.124 e. The van der Waals surface area contributed by atoms with Gasteiger partial charge in [0.05, 0.1) is 4.88 Å². The molecule has 1 heterocycles. The molecule has 0 spiro atoms. The summed E-state index contributed by atoms with van der Waals surface area (Å²) in [6, 6.07) is 4.10. The van der Waals surface area contributed by atoms with Gasteiger partial charge in [-0.3, -0.25) is 4.99 Å². The minimum atomic E-state index is 0.650. The van der Waals surface area contributed by atoms with Crippen molar-refractivity contribution in [1.82, 2.24) is 0 Å². The highest BCUT2D eigenvalue weighted by Crippen LogP contribution is 2.27. The Bertz CT molecular complexity index is 361. The summed E-state index contributed by atoms with van der Waals surface area (Å²) in [6.07, 6.45) is 2.54. The summed E-state index contributed by atoms with van der Waals surface area (Å²) >= 11 is 1.69. The van der Waals surface area contributed by atoms with Gasteiger partial charge in [-0.2, -0.15) is 0 Å². The lowest BCUT2D eigenvalue weighted by Crippen LogP contribution is -1.92. The monoisotopic (exact) mass is 189 g/mol. The first-order valence-corrected chi connectivity index (χ1v) is 5.30. The van der Waals surface area contributed by atoms with Crippen LogP contribution in [0, 0.1) is 17.8 Å². The predicted molar refractivity (Wildman–Crippen MR) is 57.3 cm³/mol. The smallest absolute Gasteiger partial charge is 0.124 e. The summed E-state index contributed by atoms with van der Waals surface area (Å²) in [6.45, 7) is 0. The molecule has 1 aromatic rings. The largest absolute Gasteiger partial charge is 0.278 e. The van der Waals surface area contributed by atoms with Crippen molar-refractivity contribution in [2.24, 2.45) is 10.9 Å². The van der Waals surface area contributed by atoms with Crippen molar-refractivity contribution < 1.29 is 0 Å². The fourth-order valence-corrected chi connectivity index (χ4v) is 1.75.